The van der Waals surface area contributed by atoms with E-state index in [1.807, 2.05) is 0 Å². The fourth-order valence-electron chi connectivity index (χ4n) is 4.09. The molecule has 1 aliphatic carbocycles. The zero-order valence-electron chi connectivity index (χ0n) is 14.4. The highest BCUT2D eigenvalue weighted by Gasteiger charge is 2.52. The van der Waals surface area contributed by atoms with Gasteiger partial charge in [0, 0.05) is 26.3 Å². The maximum atomic E-state index is 13.0. The smallest absolute Gasteiger partial charge is 0.387 e. The van der Waals surface area contributed by atoms with E-state index in [9.17, 15) is 13.6 Å². The van der Waals surface area contributed by atoms with Gasteiger partial charge in [-0.15, -0.1) is 0 Å². The number of halogens is 2. The third-order valence-electron chi connectivity index (χ3n) is 5.44. The average molecular weight is 355 g/mol. The first-order valence-corrected chi connectivity index (χ1v) is 8.43. The third-order valence-corrected chi connectivity index (χ3v) is 5.44. The number of alkyl halides is 2. The zero-order chi connectivity index (χ0) is 18.0. The molecule has 138 valence electrons. The van der Waals surface area contributed by atoms with Crippen LogP contribution in [0.2, 0.25) is 0 Å². The average Bonchev–Trinajstić information content (AvgIpc) is 2.99. The molecule has 0 spiro atoms. The minimum atomic E-state index is -2.92. The van der Waals surface area contributed by atoms with Crippen LogP contribution in [0.25, 0.3) is 0 Å². The van der Waals surface area contributed by atoms with Crippen molar-refractivity contribution in [3.8, 4) is 5.75 Å². The van der Waals surface area contributed by atoms with Crippen molar-refractivity contribution in [2.75, 3.05) is 20.8 Å². The van der Waals surface area contributed by atoms with E-state index in [0.29, 0.717) is 18.5 Å². The van der Waals surface area contributed by atoms with Gasteiger partial charge in [0.05, 0.1) is 17.7 Å². The summed E-state index contributed by atoms with van der Waals surface area (Å²) in [5, 5.41) is 0. The lowest BCUT2D eigenvalue weighted by molar-refractivity contribution is -0.0893. The number of hydrogen-bond acceptors (Lipinski definition) is 4. The number of nitrogens with zero attached hydrogens (tertiary/aromatic N) is 1. The lowest BCUT2D eigenvalue weighted by Crippen LogP contribution is -2.53. The van der Waals surface area contributed by atoms with Crippen LogP contribution >= 0.6 is 0 Å². The van der Waals surface area contributed by atoms with Crippen molar-refractivity contribution in [1.29, 1.82) is 0 Å². The second-order valence-electron chi connectivity index (χ2n) is 6.57. The number of fused-ring (bicyclic) bond motifs is 1. The molecule has 0 bridgehead atoms. The van der Waals surface area contributed by atoms with Crippen LogP contribution in [0.4, 0.5) is 8.78 Å². The van der Waals surface area contributed by atoms with Crippen LogP contribution < -0.4 is 4.74 Å². The maximum Gasteiger partial charge on any atom is 0.387 e. The van der Waals surface area contributed by atoms with E-state index in [4.69, 9.17) is 9.47 Å². The van der Waals surface area contributed by atoms with E-state index >= 15 is 0 Å². The summed E-state index contributed by atoms with van der Waals surface area (Å²) in [5.74, 6) is -0.211. The van der Waals surface area contributed by atoms with Gasteiger partial charge in [0.15, 0.2) is 0 Å². The van der Waals surface area contributed by atoms with Gasteiger partial charge in [0.25, 0.3) is 5.91 Å². The summed E-state index contributed by atoms with van der Waals surface area (Å²) in [6.45, 7) is -2.34. The molecule has 1 saturated heterocycles. The second kappa shape index (κ2) is 7.25. The van der Waals surface area contributed by atoms with Gasteiger partial charge in [-0.25, -0.2) is 0 Å². The molecule has 0 radical (unpaired) electrons. The van der Waals surface area contributed by atoms with Gasteiger partial charge in [-0.05, 0) is 43.9 Å². The van der Waals surface area contributed by atoms with E-state index in [-0.39, 0.29) is 29.4 Å². The molecule has 1 saturated carbocycles. The van der Waals surface area contributed by atoms with E-state index < -0.39 is 6.61 Å². The Bertz CT molecular complexity index is 627. The van der Waals surface area contributed by atoms with Crippen molar-refractivity contribution in [3.05, 3.63) is 29.8 Å². The molecule has 1 aromatic rings. The van der Waals surface area contributed by atoms with Crippen molar-refractivity contribution in [3.63, 3.8) is 0 Å². The fraction of sp³-hybridized carbons (Fsp3) is 0.611. The summed E-state index contributed by atoms with van der Waals surface area (Å²) in [6.07, 6.45) is 3.31. The topological polar surface area (TPSA) is 48.0 Å². The first-order chi connectivity index (χ1) is 12.0. The van der Waals surface area contributed by atoms with Crippen molar-refractivity contribution < 1.29 is 27.8 Å². The van der Waals surface area contributed by atoms with Crippen molar-refractivity contribution in [2.24, 2.45) is 0 Å². The third kappa shape index (κ3) is 3.48. The largest absolute Gasteiger partial charge is 0.435 e. The van der Waals surface area contributed by atoms with Crippen LogP contribution in [0.1, 0.15) is 36.0 Å². The highest BCUT2D eigenvalue weighted by molar-refractivity contribution is 5.95. The normalized spacial score (nSPS) is 28.9. The molecule has 2 aliphatic rings. The molecular formula is C18H23F2NO4. The SMILES string of the molecule is CO[C@H]1CC[C@@]2(OC)CCN(C(=O)c3cccc(OC(F)F)c3)[C@H]2C1. The Morgan fingerprint density at radius 3 is 2.80 bits per heavy atom. The van der Waals surface area contributed by atoms with Crippen LogP contribution in [0.15, 0.2) is 24.3 Å². The highest BCUT2D eigenvalue weighted by Crippen LogP contribution is 2.43. The second-order valence-corrected chi connectivity index (χ2v) is 6.57. The van der Waals surface area contributed by atoms with Gasteiger partial charge < -0.3 is 19.1 Å². The first-order valence-electron chi connectivity index (χ1n) is 8.43. The molecule has 0 unspecified atom stereocenters. The minimum Gasteiger partial charge on any atom is -0.435 e. The number of rotatable bonds is 5. The number of hydrogen-bond donors (Lipinski definition) is 0. The van der Waals surface area contributed by atoms with Crippen LogP contribution in [-0.4, -0.2) is 55.9 Å². The molecule has 1 aliphatic heterocycles. The van der Waals surface area contributed by atoms with Crippen molar-refractivity contribution in [1.82, 2.24) is 4.90 Å². The molecule has 1 heterocycles. The molecule has 7 heteroatoms. The summed E-state index contributed by atoms with van der Waals surface area (Å²) < 4.78 is 40.5. The Hall–Kier alpha value is -1.73. The van der Waals surface area contributed by atoms with Gasteiger partial charge in [-0.3, -0.25) is 4.79 Å². The van der Waals surface area contributed by atoms with Crippen LogP contribution in [0, 0.1) is 0 Å². The van der Waals surface area contributed by atoms with Crippen molar-refractivity contribution in [2.45, 2.75) is 50.0 Å². The van der Waals surface area contributed by atoms with E-state index in [2.05, 4.69) is 4.74 Å². The standard InChI is InChI=1S/C18H23F2NO4/c1-23-13-6-7-18(24-2)8-9-21(15(18)11-13)16(22)12-4-3-5-14(10-12)25-17(19)20/h3-5,10,13,15,17H,6-9,11H2,1-2H3/t13-,15-,18+/m0/s1. The zero-order valence-corrected chi connectivity index (χ0v) is 14.4. The lowest BCUT2D eigenvalue weighted by Gasteiger charge is -2.43. The monoisotopic (exact) mass is 355 g/mol. The predicted molar refractivity (Wildman–Crippen MR) is 86.9 cm³/mol. The molecule has 2 fully saturated rings. The Labute approximate surface area is 145 Å². The van der Waals surface area contributed by atoms with Gasteiger partial charge in [-0.1, -0.05) is 6.07 Å². The molecule has 0 N–H and O–H groups in total. The molecule has 3 rings (SSSR count). The summed E-state index contributed by atoms with van der Waals surface area (Å²) in [6, 6.07) is 5.85. The molecule has 1 amide bonds. The Morgan fingerprint density at radius 1 is 1.32 bits per heavy atom. The predicted octanol–water partition coefficient (Wildman–Crippen LogP) is 3.09. The van der Waals surface area contributed by atoms with Crippen LogP contribution in [0.3, 0.4) is 0 Å². The molecule has 0 aromatic heterocycles. The molecule has 25 heavy (non-hydrogen) atoms. The number of carbonyl (C=O) groups is 1. The molecule has 1 aromatic carbocycles. The van der Waals surface area contributed by atoms with E-state index in [0.717, 1.165) is 19.3 Å². The van der Waals surface area contributed by atoms with Gasteiger partial charge in [0.2, 0.25) is 0 Å². The maximum absolute atomic E-state index is 13.0. The Morgan fingerprint density at radius 2 is 2.12 bits per heavy atom. The quantitative estimate of drug-likeness (QED) is 0.814. The number of amides is 1. The number of benzene rings is 1. The fourth-order valence-corrected chi connectivity index (χ4v) is 4.09. The molecule has 5 nitrogen and oxygen atoms in total. The first kappa shape index (κ1) is 18.1. The Kier molecular flexibility index (Phi) is 5.24. The van der Waals surface area contributed by atoms with Crippen LogP contribution in [0.5, 0.6) is 5.75 Å². The number of likely N-dealkylation sites (tertiary alicyclic amines) is 1. The molecule has 3 atom stereocenters. The van der Waals surface area contributed by atoms with E-state index in [1.165, 1.54) is 12.1 Å². The Balaban J connectivity index is 1.82. The summed E-state index contributed by atoms with van der Waals surface area (Å²) in [7, 11) is 3.36. The number of methoxy groups -OCH3 is 2. The summed E-state index contributed by atoms with van der Waals surface area (Å²) in [4.78, 5) is 14.8. The summed E-state index contributed by atoms with van der Waals surface area (Å²) >= 11 is 0. The minimum absolute atomic E-state index is 0.0172. The van der Waals surface area contributed by atoms with Gasteiger partial charge in [0.1, 0.15) is 5.75 Å². The molecular weight excluding hydrogens is 332 g/mol. The lowest BCUT2D eigenvalue weighted by atomic mass is 9.79. The number of carbonyl (C=O) groups excluding carboxylic acids is 1. The van der Waals surface area contributed by atoms with E-state index in [1.54, 1.807) is 31.3 Å². The van der Waals surface area contributed by atoms with Gasteiger partial charge in [-0.2, -0.15) is 8.78 Å². The van der Waals surface area contributed by atoms with Gasteiger partial charge >= 0.3 is 6.61 Å². The van der Waals surface area contributed by atoms with Crippen LogP contribution in [-0.2, 0) is 9.47 Å². The summed E-state index contributed by atoms with van der Waals surface area (Å²) in [5.41, 5.74) is -0.00788. The van der Waals surface area contributed by atoms with Crippen molar-refractivity contribution >= 4 is 5.91 Å². The highest BCUT2D eigenvalue weighted by atomic mass is 19.3. The number of ether oxygens (including phenoxy) is 3.